The maximum Gasteiger partial charge on any atom is 0.328 e. The van der Waals surface area contributed by atoms with Gasteiger partial charge in [0.2, 0.25) is 17.4 Å². The number of nitrogens with one attached hydrogen (secondary N) is 2. The molecule has 4 aliphatic heterocycles. The molecule has 3 atom stereocenters. The average Bonchev–Trinajstić information content (AvgIpc) is 3.30. The molecule has 3 fully saturated rings. The number of hydrogen-bond acceptors (Lipinski definition) is 9. The Bertz CT molecular complexity index is 1350. The summed E-state index contributed by atoms with van der Waals surface area (Å²) < 4.78 is 32.9. The second-order valence-corrected chi connectivity index (χ2v) is 10.5. The Balaban J connectivity index is 1.47. The predicted octanol–water partition coefficient (Wildman–Crippen LogP) is 1.11. The van der Waals surface area contributed by atoms with Gasteiger partial charge in [-0.15, -0.1) is 0 Å². The molecule has 1 aromatic heterocycles. The zero-order valence-corrected chi connectivity index (χ0v) is 21.2. The lowest BCUT2D eigenvalue weighted by atomic mass is 9.66. The molecule has 3 saturated heterocycles. The lowest BCUT2D eigenvalue weighted by molar-refractivity contribution is -0.153. The zero-order valence-electron chi connectivity index (χ0n) is 21.2. The number of urea groups is 1. The van der Waals surface area contributed by atoms with E-state index in [2.05, 4.69) is 15.8 Å². The third-order valence-corrected chi connectivity index (χ3v) is 8.23. The van der Waals surface area contributed by atoms with Gasteiger partial charge in [0.25, 0.3) is 5.91 Å². The number of aromatic nitrogens is 1. The van der Waals surface area contributed by atoms with E-state index in [-0.39, 0.29) is 47.5 Å². The molecule has 0 bridgehead atoms. The van der Waals surface area contributed by atoms with Crippen LogP contribution in [0.5, 0.6) is 0 Å². The third-order valence-electron chi connectivity index (χ3n) is 8.23. The average molecular weight is 530 g/mol. The number of morpholine rings is 1. The number of barbiturate groups is 1. The van der Waals surface area contributed by atoms with Gasteiger partial charge in [0.1, 0.15) is 0 Å². The van der Waals surface area contributed by atoms with E-state index in [0.717, 1.165) is 0 Å². The summed E-state index contributed by atoms with van der Waals surface area (Å²) in [4.78, 5) is 55.2. The number of piperidine rings is 1. The molecule has 6 rings (SSSR count). The van der Waals surface area contributed by atoms with Crippen molar-refractivity contribution in [2.24, 2.45) is 5.41 Å². The normalized spacial score (nSPS) is 27.3. The number of benzene rings is 1. The minimum atomic E-state index is -1.76. The van der Waals surface area contributed by atoms with Crippen LogP contribution in [0.1, 0.15) is 42.7 Å². The van der Waals surface area contributed by atoms with Crippen LogP contribution >= 0.6 is 0 Å². The summed E-state index contributed by atoms with van der Waals surface area (Å²) in [6, 6.07) is -0.233. The molecule has 0 radical (unpaired) electrons. The summed E-state index contributed by atoms with van der Waals surface area (Å²) in [6.07, 6.45) is 0.219. The first-order chi connectivity index (χ1) is 18.1. The van der Waals surface area contributed by atoms with E-state index in [1.807, 2.05) is 6.92 Å². The number of ether oxygens (including phenoxy) is 2. The topological polar surface area (TPSA) is 143 Å². The van der Waals surface area contributed by atoms with E-state index in [4.69, 9.17) is 14.0 Å². The standard InChI is InChI=1S/C25H28FN5O7/c1-11-10-31-18-13(9-25(20(31)12(2)37-11)22(33)27-24(35)28-23(25)34)8-15-17(29-38-19(15)16(18)26)21(32)30-6-4-14(36-3)5-7-30/h8,11-12,14,20H,4-7,9-10H2,1-3H3,(H2,27,28,33,34,35)/t11-,12+,20-/m1/s1. The number of amides is 5. The van der Waals surface area contributed by atoms with Crippen LogP contribution in [0.2, 0.25) is 0 Å². The van der Waals surface area contributed by atoms with Crippen LogP contribution in [-0.2, 0) is 25.5 Å². The van der Waals surface area contributed by atoms with Crippen molar-refractivity contribution >= 4 is 40.4 Å². The lowest BCUT2D eigenvalue weighted by Crippen LogP contribution is -2.75. The lowest BCUT2D eigenvalue weighted by Gasteiger charge is -2.55. The molecule has 5 amide bonds. The molecular formula is C25H28FN5O7. The van der Waals surface area contributed by atoms with Crippen LogP contribution in [0, 0.1) is 11.2 Å². The molecule has 0 aliphatic carbocycles. The highest BCUT2D eigenvalue weighted by Crippen LogP contribution is 2.49. The number of fused-ring (bicyclic) bond motifs is 5. The van der Waals surface area contributed by atoms with Crippen LogP contribution in [0.3, 0.4) is 0 Å². The van der Waals surface area contributed by atoms with Crippen LogP contribution in [0.15, 0.2) is 10.6 Å². The van der Waals surface area contributed by atoms with Gasteiger partial charge < -0.3 is 23.8 Å². The van der Waals surface area contributed by atoms with Crippen LogP contribution in [0.4, 0.5) is 14.9 Å². The Morgan fingerprint density at radius 1 is 1.18 bits per heavy atom. The number of imide groups is 2. The highest BCUT2D eigenvalue weighted by atomic mass is 19.1. The van der Waals surface area contributed by atoms with Crippen molar-refractivity contribution in [1.82, 2.24) is 20.7 Å². The van der Waals surface area contributed by atoms with Crippen LogP contribution in [0.25, 0.3) is 11.0 Å². The van der Waals surface area contributed by atoms with Crippen molar-refractivity contribution in [3.05, 3.63) is 23.1 Å². The van der Waals surface area contributed by atoms with Gasteiger partial charge in [0, 0.05) is 33.2 Å². The number of methoxy groups -OCH3 is 1. The Labute approximate surface area is 216 Å². The van der Waals surface area contributed by atoms with E-state index in [0.29, 0.717) is 31.5 Å². The highest BCUT2D eigenvalue weighted by Gasteiger charge is 2.63. The van der Waals surface area contributed by atoms with Gasteiger partial charge in [-0.3, -0.25) is 25.0 Å². The largest absolute Gasteiger partial charge is 0.381 e. The fourth-order valence-corrected chi connectivity index (χ4v) is 6.55. The summed E-state index contributed by atoms with van der Waals surface area (Å²) in [7, 11) is 1.63. The first-order valence-corrected chi connectivity index (χ1v) is 12.7. The summed E-state index contributed by atoms with van der Waals surface area (Å²) in [5.74, 6) is -2.68. The molecule has 0 unspecified atom stereocenters. The fraction of sp³-hybridized carbons (Fsp3) is 0.560. The molecule has 12 nitrogen and oxygen atoms in total. The van der Waals surface area contributed by atoms with Crippen molar-refractivity contribution < 1.29 is 37.6 Å². The third kappa shape index (κ3) is 3.44. The number of likely N-dealkylation sites (tertiary alicyclic amines) is 1. The molecule has 2 N–H and O–H groups in total. The Hall–Kier alpha value is -3.58. The first kappa shape index (κ1) is 24.7. The number of carbonyl (C=O) groups excluding carboxylic acids is 4. The number of halogens is 1. The smallest absolute Gasteiger partial charge is 0.328 e. The second kappa shape index (κ2) is 8.73. The van der Waals surface area contributed by atoms with Gasteiger partial charge >= 0.3 is 6.03 Å². The molecule has 4 aliphatic rings. The SMILES string of the molecule is COC1CCN(C(=O)c2noc3c(F)c4c(cc23)CC2(C(=O)NC(=O)NC2=O)[C@H]2[C@H](C)O[C@H](C)CN42)CC1. The van der Waals surface area contributed by atoms with Crippen molar-refractivity contribution in [3.8, 4) is 0 Å². The first-order valence-electron chi connectivity index (χ1n) is 12.7. The van der Waals surface area contributed by atoms with Crippen LogP contribution in [-0.4, -0.2) is 84.9 Å². The van der Waals surface area contributed by atoms with Crippen molar-refractivity contribution in [1.29, 1.82) is 0 Å². The van der Waals surface area contributed by atoms with Gasteiger partial charge in [0.05, 0.1) is 35.4 Å². The molecule has 0 saturated carbocycles. The van der Waals surface area contributed by atoms with E-state index in [1.165, 1.54) is 0 Å². The Morgan fingerprint density at radius 3 is 2.53 bits per heavy atom. The monoisotopic (exact) mass is 529 g/mol. The molecule has 5 heterocycles. The number of hydrogen-bond donors (Lipinski definition) is 2. The molecule has 13 heteroatoms. The Morgan fingerprint density at radius 2 is 1.87 bits per heavy atom. The Kier molecular flexibility index (Phi) is 5.69. The highest BCUT2D eigenvalue weighted by molar-refractivity contribution is 6.20. The van der Waals surface area contributed by atoms with Crippen molar-refractivity contribution in [3.63, 3.8) is 0 Å². The van der Waals surface area contributed by atoms with Crippen molar-refractivity contribution in [2.75, 3.05) is 31.6 Å². The number of carbonyl (C=O) groups is 4. The van der Waals surface area contributed by atoms with Gasteiger partial charge in [0.15, 0.2) is 16.9 Å². The van der Waals surface area contributed by atoms with E-state index in [9.17, 15) is 19.2 Å². The number of rotatable bonds is 2. The number of anilines is 1. The maximum absolute atomic E-state index is 16.2. The fourth-order valence-electron chi connectivity index (χ4n) is 6.55. The molecule has 202 valence electrons. The molecule has 38 heavy (non-hydrogen) atoms. The molecule has 1 spiro atoms. The second-order valence-electron chi connectivity index (χ2n) is 10.5. The maximum atomic E-state index is 16.2. The van der Waals surface area contributed by atoms with Gasteiger partial charge in [-0.2, -0.15) is 0 Å². The van der Waals surface area contributed by atoms with Crippen molar-refractivity contribution in [2.45, 2.75) is 57.5 Å². The van der Waals surface area contributed by atoms with E-state index >= 15 is 4.39 Å². The predicted molar refractivity (Wildman–Crippen MR) is 129 cm³/mol. The van der Waals surface area contributed by atoms with Gasteiger partial charge in [-0.25, -0.2) is 9.18 Å². The zero-order chi connectivity index (χ0) is 26.9. The van der Waals surface area contributed by atoms with E-state index in [1.54, 1.807) is 29.9 Å². The molecular weight excluding hydrogens is 501 g/mol. The minimum absolute atomic E-state index is 0.0369. The van der Waals surface area contributed by atoms with Crippen LogP contribution < -0.4 is 15.5 Å². The van der Waals surface area contributed by atoms with E-state index < -0.39 is 47.1 Å². The quantitative estimate of drug-likeness (QED) is 0.547. The summed E-state index contributed by atoms with van der Waals surface area (Å²) in [5.41, 5.74) is -1.46. The van der Waals surface area contributed by atoms with Gasteiger partial charge in [-0.05, 0) is 38.3 Å². The summed E-state index contributed by atoms with van der Waals surface area (Å²) in [6.45, 7) is 4.64. The number of nitrogens with zero attached hydrogens (tertiary/aromatic N) is 3. The summed E-state index contributed by atoms with van der Waals surface area (Å²) >= 11 is 0. The molecule has 1 aromatic carbocycles. The minimum Gasteiger partial charge on any atom is -0.381 e. The molecule has 2 aromatic rings. The van der Waals surface area contributed by atoms with Gasteiger partial charge in [-0.1, -0.05) is 5.16 Å². The summed E-state index contributed by atoms with van der Waals surface area (Å²) in [5, 5.41) is 8.51.